The lowest BCUT2D eigenvalue weighted by molar-refractivity contribution is 0.0696. The van der Waals surface area contributed by atoms with E-state index in [2.05, 4.69) is 26.2 Å². The molecular weight excluding hydrogens is 331 g/mol. The number of aromatic nitrogens is 1. The van der Waals surface area contributed by atoms with Crippen molar-refractivity contribution in [3.8, 4) is 0 Å². The minimum atomic E-state index is -1.13. The van der Waals surface area contributed by atoms with Gasteiger partial charge in [-0.05, 0) is 30.3 Å². The van der Waals surface area contributed by atoms with Gasteiger partial charge in [-0.1, -0.05) is 15.9 Å². The zero-order valence-corrected chi connectivity index (χ0v) is 11.5. The number of carboxylic acid groups (broad SMARTS) is 1. The number of rotatable bonds is 3. The van der Waals surface area contributed by atoms with E-state index in [4.69, 9.17) is 5.11 Å². The standard InChI is InChI=1S/C13H8BrFN2O3/c14-9-3-8(4-10(15)6-9)12(18)17-11-5-7(13(19)20)1-2-16-11/h1-6H,(H,19,20)(H,16,17,18). The lowest BCUT2D eigenvalue weighted by Crippen LogP contribution is -2.13. The molecule has 1 aromatic carbocycles. The Bertz CT molecular complexity index is 671. The third-order valence-corrected chi connectivity index (χ3v) is 2.83. The highest BCUT2D eigenvalue weighted by Gasteiger charge is 2.11. The Morgan fingerprint density at radius 1 is 1.20 bits per heavy atom. The van der Waals surface area contributed by atoms with Gasteiger partial charge in [0.25, 0.3) is 5.91 Å². The van der Waals surface area contributed by atoms with E-state index in [1.165, 1.54) is 30.5 Å². The molecular formula is C13H8BrFN2O3. The summed E-state index contributed by atoms with van der Waals surface area (Å²) in [6.07, 6.45) is 1.26. The van der Waals surface area contributed by atoms with Gasteiger partial charge in [0, 0.05) is 16.2 Å². The molecule has 0 unspecified atom stereocenters. The van der Waals surface area contributed by atoms with E-state index in [9.17, 15) is 14.0 Å². The van der Waals surface area contributed by atoms with Crippen LogP contribution < -0.4 is 5.32 Å². The summed E-state index contributed by atoms with van der Waals surface area (Å²) in [5.74, 6) is -2.19. The van der Waals surface area contributed by atoms with Crippen LogP contribution in [0.25, 0.3) is 0 Å². The van der Waals surface area contributed by atoms with Gasteiger partial charge in [-0.3, -0.25) is 4.79 Å². The molecule has 0 bridgehead atoms. The summed E-state index contributed by atoms with van der Waals surface area (Å²) in [6, 6.07) is 6.26. The predicted molar refractivity (Wildman–Crippen MR) is 73.2 cm³/mol. The summed E-state index contributed by atoms with van der Waals surface area (Å²) >= 11 is 3.08. The average molecular weight is 339 g/mol. The highest BCUT2D eigenvalue weighted by Crippen LogP contribution is 2.16. The van der Waals surface area contributed by atoms with Crippen LogP contribution in [0.4, 0.5) is 10.2 Å². The van der Waals surface area contributed by atoms with Crippen molar-refractivity contribution in [2.24, 2.45) is 0 Å². The van der Waals surface area contributed by atoms with Crippen LogP contribution in [0.1, 0.15) is 20.7 Å². The number of anilines is 1. The van der Waals surface area contributed by atoms with Gasteiger partial charge in [0.2, 0.25) is 0 Å². The molecule has 1 amide bonds. The van der Waals surface area contributed by atoms with Gasteiger partial charge in [-0.2, -0.15) is 0 Å². The lowest BCUT2D eigenvalue weighted by Gasteiger charge is -2.05. The molecule has 20 heavy (non-hydrogen) atoms. The molecule has 0 radical (unpaired) electrons. The number of halogens is 2. The second kappa shape index (κ2) is 5.79. The number of hydrogen-bond acceptors (Lipinski definition) is 3. The van der Waals surface area contributed by atoms with Crippen molar-refractivity contribution in [1.82, 2.24) is 4.98 Å². The van der Waals surface area contributed by atoms with Crippen molar-refractivity contribution in [1.29, 1.82) is 0 Å². The summed E-state index contributed by atoms with van der Waals surface area (Å²) in [4.78, 5) is 26.5. The number of amides is 1. The molecule has 0 aliphatic carbocycles. The molecule has 2 aromatic rings. The fourth-order valence-corrected chi connectivity index (χ4v) is 1.97. The summed E-state index contributed by atoms with van der Waals surface area (Å²) in [7, 11) is 0. The highest BCUT2D eigenvalue weighted by atomic mass is 79.9. The second-order valence-corrected chi connectivity index (χ2v) is 4.76. The number of carbonyl (C=O) groups is 2. The van der Waals surface area contributed by atoms with Crippen molar-refractivity contribution < 1.29 is 19.1 Å². The minimum Gasteiger partial charge on any atom is -0.478 e. The monoisotopic (exact) mass is 338 g/mol. The van der Waals surface area contributed by atoms with Crippen molar-refractivity contribution in [2.45, 2.75) is 0 Å². The smallest absolute Gasteiger partial charge is 0.335 e. The number of hydrogen-bond donors (Lipinski definition) is 2. The van der Waals surface area contributed by atoms with E-state index in [-0.39, 0.29) is 16.9 Å². The molecule has 0 spiro atoms. The van der Waals surface area contributed by atoms with Crippen molar-refractivity contribution in [3.05, 3.63) is 57.9 Å². The summed E-state index contributed by atoms with van der Waals surface area (Å²) in [5, 5.41) is 11.2. The van der Waals surface area contributed by atoms with E-state index >= 15 is 0 Å². The van der Waals surface area contributed by atoms with Gasteiger partial charge in [0.1, 0.15) is 11.6 Å². The fraction of sp³-hybridized carbons (Fsp3) is 0. The van der Waals surface area contributed by atoms with E-state index in [0.717, 1.165) is 6.07 Å². The number of nitrogens with zero attached hydrogens (tertiary/aromatic N) is 1. The molecule has 1 heterocycles. The van der Waals surface area contributed by atoms with Crippen LogP contribution in [0, 0.1) is 5.82 Å². The lowest BCUT2D eigenvalue weighted by atomic mass is 10.2. The van der Waals surface area contributed by atoms with Crippen LogP contribution in [-0.4, -0.2) is 22.0 Å². The van der Waals surface area contributed by atoms with Crippen LogP contribution in [0.2, 0.25) is 0 Å². The first-order valence-corrected chi connectivity index (χ1v) is 6.22. The first-order valence-electron chi connectivity index (χ1n) is 5.42. The molecule has 0 aliphatic heterocycles. The fourth-order valence-electron chi connectivity index (χ4n) is 1.51. The second-order valence-electron chi connectivity index (χ2n) is 3.85. The van der Waals surface area contributed by atoms with Crippen LogP contribution >= 0.6 is 15.9 Å². The molecule has 0 atom stereocenters. The Morgan fingerprint density at radius 2 is 1.95 bits per heavy atom. The molecule has 2 N–H and O–H groups in total. The molecule has 5 nitrogen and oxygen atoms in total. The number of carboxylic acids is 1. The first kappa shape index (κ1) is 14.1. The van der Waals surface area contributed by atoms with Gasteiger partial charge >= 0.3 is 5.97 Å². The topological polar surface area (TPSA) is 79.3 Å². The third kappa shape index (κ3) is 3.39. The molecule has 0 saturated heterocycles. The van der Waals surface area contributed by atoms with Crippen LogP contribution in [0.15, 0.2) is 41.0 Å². The average Bonchev–Trinajstić information content (AvgIpc) is 2.37. The number of benzene rings is 1. The van der Waals surface area contributed by atoms with Gasteiger partial charge < -0.3 is 10.4 Å². The predicted octanol–water partition coefficient (Wildman–Crippen LogP) is 2.93. The molecule has 0 aliphatic rings. The van der Waals surface area contributed by atoms with Gasteiger partial charge in [-0.25, -0.2) is 14.2 Å². The van der Waals surface area contributed by atoms with Gasteiger partial charge in [0.05, 0.1) is 5.56 Å². The Labute approximate surface area is 121 Å². The summed E-state index contributed by atoms with van der Waals surface area (Å²) < 4.78 is 13.6. The normalized spacial score (nSPS) is 10.1. The van der Waals surface area contributed by atoms with E-state index < -0.39 is 17.7 Å². The number of nitrogens with one attached hydrogen (secondary N) is 1. The molecule has 0 saturated carbocycles. The maximum atomic E-state index is 13.2. The van der Waals surface area contributed by atoms with Crippen LogP contribution in [-0.2, 0) is 0 Å². The van der Waals surface area contributed by atoms with Crippen molar-refractivity contribution >= 4 is 33.6 Å². The van der Waals surface area contributed by atoms with Crippen LogP contribution in [0.5, 0.6) is 0 Å². The molecule has 102 valence electrons. The molecule has 0 fully saturated rings. The highest BCUT2D eigenvalue weighted by molar-refractivity contribution is 9.10. The Hall–Kier alpha value is -2.28. The zero-order valence-electron chi connectivity index (χ0n) is 9.93. The minimum absolute atomic E-state index is 0.00396. The van der Waals surface area contributed by atoms with Gasteiger partial charge in [-0.15, -0.1) is 0 Å². The maximum absolute atomic E-state index is 13.2. The number of carbonyl (C=O) groups excluding carboxylic acids is 1. The molecule has 7 heteroatoms. The Kier molecular flexibility index (Phi) is 4.09. The van der Waals surface area contributed by atoms with Crippen molar-refractivity contribution in [3.63, 3.8) is 0 Å². The molecule has 2 rings (SSSR count). The Balaban J connectivity index is 2.23. The third-order valence-electron chi connectivity index (χ3n) is 2.37. The quantitative estimate of drug-likeness (QED) is 0.901. The molecule has 1 aromatic heterocycles. The number of pyridine rings is 1. The summed E-state index contributed by atoms with van der Waals surface area (Å²) in [5.41, 5.74) is 0.0927. The van der Waals surface area contributed by atoms with E-state index in [1.807, 2.05) is 0 Å². The maximum Gasteiger partial charge on any atom is 0.335 e. The van der Waals surface area contributed by atoms with Crippen molar-refractivity contribution in [2.75, 3.05) is 5.32 Å². The summed E-state index contributed by atoms with van der Waals surface area (Å²) in [6.45, 7) is 0. The van der Waals surface area contributed by atoms with E-state index in [1.54, 1.807) is 0 Å². The largest absolute Gasteiger partial charge is 0.478 e. The van der Waals surface area contributed by atoms with E-state index in [0.29, 0.717) is 4.47 Å². The SMILES string of the molecule is O=C(O)c1ccnc(NC(=O)c2cc(F)cc(Br)c2)c1. The van der Waals surface area contributed by atoms with Crippen LogP contribution in [0.3, 0.4) is 0 Å². The zero-order chi connectivity index (χ0) is 14.7. The van der Waals surface area contributed by atoms with Gasteiger partial charge in [0.15, 0.2) is 0 Å². The Morgan fingerprint density at radius 3 is 2.60 bits per heavy atom. The first-order chi connectivity index (χ1) is 9.45. The number of aromatic carboxylic acids is 1.